The lowest BCUT2D eigenvalue weighted by atomic mass is 9.93. The van der Waals surface area contributed by atoms with E-state index in [4.69, 9.17) is 14.4 Å². The van der Waals surface area contributed by atoms with Crippen molar-refractivity contribution in [2.75, 3.05) is 0 Å². The molecule has 0 aliphatic rings. The predicted molar refractivity (Wildman–Crippen MR) is 245 cm³/mol. The summed E-state index contributed by atoms with van der Waals surface area (Å²) in [7, 11) is 0. The average Bonchev–Trinajstić information content (AvgIpc) is 3.71. The first-order chi connectivity index (χ1) is 29.2. The van der Waals surface area contributed by atoms with Gasteiger partial charge in [0, 0.05) is 38.4 Å². The number of aromatic nitrogens is 2. The summed E-state index contributed by atoms with van der Waals surface area (Å²) in [6, 6.07) is 76.8. The minimum Gasteiger partial charge on any atom is -0.455 e. The summed E-state index contributed by atoms with van der Waals surface area (Å²) in [5, 5.41) is 4.47. The molecular formula is C56H36N2O. The number of furan rings is 1. The number of benzene rings is 9. The molecule has 2 heterocycles. The molecule has 0 amide bonds. The minimum absolute atomic E-state index is 0.692. The third-order valence-corrected chi connectivity index (χ3v) is 11.3. The van der Waals surface area contributed by atoms with Crippen LogP contribution in [0, 0.1) is 0 Å². The van der Waals surface area contributed by atoms with Gasteiger partial charge in [0.2, 0.25) is 0 Å². The van der Waals surface area contributed by atoms with E-state index >= 15 is 0 Å². The maximum absolute atomic E-state index is 6.90. The van der Waals surface area contributed by atoms with E-state index in [1.807, 2.05) is 24.3 Å². The van der Waals surface area contributed by atoms with Crippen molar-refractivity contribution in [1.82, 2.24) is 9.97 Å². The van der Waals surface area contributed by atoms with E-state index < -0.39 is 0 Å². The lowest BCUT2D eigenvalue weighted by Crippen LogP contribution is -1.96. The van der Waals surface area contributed by atoms with Crippen LogP contribution in [-0.4, -0.2) is 9.97 Å². The second-order valence-corrected chi connectivity index (χ2v) is 14.9. The van der Waals surface area contributed by atoms with Gasteiger partial charge in [0.25, 0.3) is 0 Å². The Morgan fingerprint density at radius 1 is 0.254 bits per heavy atom. The van der Waals surface area contributed by atoms with Crippen LogP contribution in [0.15, 0.2) is 223 Å². The van der Waals surface area contributed by atoms with Gasteiger partial charge >= 0.3 is 0 Å². The van der Waals surface area contributed by atoms with Gasteiger partial charge in [-0.05, 0) is 68.6 Å². The molecule has 3 heteroatoms. The van der Waals surface area contributed by atoms with E-state index in [0.29, 0.717) is 5.82 Å². The van der Waals surface area contributed by atoms with Crippen LogP contribution in [0.3, 0.4) is 0 Å². The second kappa shape index (κ2) is 14.6. The normalized spacial score (nSPS) is 11.4. The Morgan fingerprint density at radius 3 is 1.41 bits per heavy atom. The molecular weight excluding hydrogens is 717 g/mol. The summed E-state index contributed by atoms with van der Waals surface area (Å²) in [4.78, 5) is 10.2. The first-order valence-electron chi connectivity index (χ1n) is 20.0. The van der Waals surface area contributed by atoms with Crippen LogP contribution in [0.2, 0.25) is 0 Å². The summed E-state index contributed by atoms with van der Waals surface area (Å²) in [6.07, 6.45) is 0. The van der Waals surface area contributed by atoms with Crippen LogP contribution in [0.5, 0.6) is 0 Å². The average molecular weight is 753 g/mol. The van der Waals surface area contributed by atoms with Crippen LogP contribution in [0.4, 0.5) is 0 Å². The van der Waals surface area contributed by atoms with Crippen LogP contribution in [0.1, 0.15) is 0 Å². The topological polar surface area (TPSA) is 38.9 Å². The maximum atomic E-state index is 6.90. The molecule has 9 aromatic carbocycles. The van der Waals surface area contributed by atoms with E-state index in [0.717, 1.165) is 72.1 Å². The van der Waals surface area contributed by atoms with Crippen LogP contribution >= 0.6 is 0 Å². The Morgan fingerprint density at radius 2 is 0.729 bits per heavy atom. The molecule has 0 atom stereocenters. The Labute approximate surface area is 342 Å². The number of para-hydroxylation sites is 1. The maximum Gasteiger partial charge on any atom is 0.160 e. The van der Waals surface area contributed by atoms with Gasteiger partial charge in [0.15, 0.2) is 5.82 Å². The molecule has 0 N–H and O–H groups in total. The number of nitrogens with zero attached hydrogens (tertiary/aromatic N) is 2. The fraction of sp³-hybridized carbons (Fsp3) is 0. The largest absolute Gasteiger partial charge is 0.455 e. The first kappa shape index (κ1) is 34.4. The zero-order chi connectivity index (χ0) is 39.1. The molecule has 3 nitrogen and oxygen atoms in total. The van der Waals surface area contributed by atoms with Crippen molar-refractivity contribution in [2.45, 2.75) is 0 Å². The summed E-state index contributed by atoms with van der Waals surface area (Å²) in [5.74, 6) is 0.692. The number of rotatable bonds is 7. The molecule has 0 aliphatic heterocycles. The van der Waals surface area contributed by atoms with Gasteiger partial charge in [-0.25, -0.2) is 9.97 Å². The molecule has 11 rings (SSSR count). The Bertz CT molecular complexity index is 3300. The molecule has 0 unspecified atom stereocenters. The fourth-order valence-corrected chi connectivity index (χ4v) is 8.35. The van der Waals surface area contributed by atoms with Gasteiger partial charge in [0.05, 0.1) is 11.4 Å². The molecule has 276 valence electrons. The quantitative estimate of drug-likeness (QED) is 0.163. The first-order valence-corrected chi connectivity index (χ1v) is 20.0. The minimum atomic E-state index is 0.692. The van der Waals surface area contributed by atoms with Crippen molar-refractivity contribution in [1.29, 1.82) is 0 Å². The molecule has 0 saturated carbocycles. The van der Waals surface area contributed by atoms with E-state index in [9.17, 15) is 0 Å². The van der Waals surface area contributed by atoms with Gasteiger partial charge in [0.1, 0.15) is 11.2 Å². The van der Waals surface area contributed by atoms with Gasteiger partial charge < -0.3 is 4.42 Å². The summed E-state index contributed by atoms with van der Waals surface area (Å²) < 4.78 is 6.90. The summed E-state index contributed by atoms with van der Waals surface area (Å²) in [5.41, 5.74) is 15.8. The third-order valence-electron chi connectivity index (χ3n) is 11.3. The van der Waals surface area contributed by atoms with Crippen molar-refractivity contribution < 1.29 is 4.42 Å². The number of hydrogen-bond acceptors (Lipinski definition) is 3. The van der Waals surface area contributed by atoms with E-state index in [-0.39, 0.29) is 0 Å². The number of hydrogen-bond donors (Lipinski definition) is 0. The van der Waals surface area contributed by atoms with Crippen molar-refractivity contribution in [3.05, 3.63) is 218 Å². The smallest absolute Gasteiger partial charge is 0.160 e. The highest BCUT2D eigenvalue weighted by Gasteiger charge is 2.18. The van der Waals surface area contributed by atoms with Crippen molar-refractivity contribution in [2.24, 2.45) is 0 Å². The molecule has 59 heavy (non-hydrogen) atoms. The van der Waals surface area contributed by atoms with Gasteiger partial charge in [-0.15, -0.1) is 0 Å². The van der Waals surface area contributed by atoms with Crippen LogP contribution < -0.4 is 0 Å². The molecule has 0 spiro atoms. The predicted octanol–water partition coefficient (Wildman–Crippen LogP) is 15.2. The zero-order valence-electron chi connectivity index (χ0n) is 32.1. The third kappa shape index (κ3) is 6.36. The highest BCUT2D eigenvalue weighted by atomic mass is 16.3. The molecule has 0 saturated heterocycles. The Kier molecular flexibility index (Phi) is 8.49. The van der Waals surface area contributed by atoms with Crippen molar-refractivity contribution in [3.8, 4) is 78.4 Å². The van der Waals surface area contributed by atoms with E-state index in [2.05, 4.69) is 194 Å². The SMILES string of the molecule is c1ccc(-c2cccc(-c3cc(-c4ccc(-c5cccc6c5oc5c7ccccc7c(-c7cccc(-c8ccccc8)c7)cc65)cc4)nc(-c4ccccc4)n3)c2)cc1. The summed E-state index contributed by atoms with van der Waals surface area (Å²) in [6.45, 7) is 0. The molecule has 2 aromatic heterocycles. The fourth-order valence-electron chi connectivity index (χ4n) is 8.35. The highest BCUT2D eigenvalue weighted by Crippen LogP contribution is 2.43. The molecule has 0 bridgehead atoms. The van der Waals surface area contributed by atoms with Crippen molar-refractivity contribution in [3.63, 3.8) is 0 Å². The molecule has 0 aliphatic carbocycles. The highest BCUT2D eigenvalue weighted by molar-refractivity contribution is 6.20. The monoisotopic (exact) mass is 752 g/mol. The lowest BCUT2D eigenvalue weighted by molar-refractivity contribution is 0.674. The zero-order valence-corrected chi connectivity index (χ0v) is 32.1. The van der Waals surface area contributed by atoms with Crippen LogP contribution in [0.25, 0.3) is 111 Å². The lowest BCUT2D eigenvalue weighted by Gasteiger charge is -2.11. The summed E-state index contributed by atoms with van der Waals surface area (Å²) >= 11 is 0. The standard InChI is InChI=1S/C56H36N2O/c1-4-15-37(16-5-1)42-21-12-23-44(33-42)50-35-51-49-28-14-27-46(54(49)59-55(51)48-26-11-10-25-47(48)50)39-29-31-40(32-30-39)52-36-53(58-56(57-52)41-19-8-3-9-20-41)45-24-13-22-43(34-45)38-17-6-2-7-18-38/h1-36H. The Hall–Kier alpha value is -7.88. The van der Waals surface area contributed by atoms with Gasteiger partial charge in [-0.1, -0.05) is 194 Å². The van der Waals surface area contributed by atoms with Crippen molar-refractivity contribution >= 4 is 32.7 Å². The van der Waals surface area contributed by atoms with Crippen LogP contribution in [-0.2, 0) is 0 Å². The van der Waals surface area contributed by atoms with Gasteiger partial charge in [-0.3, -0.25) is 0 Å². The Balaban J connectivity index is 1.00. The van der Waals surface area contributed by atoms with E-state index in [1.54, 1.807) is 0 Å². The number of fused-ring (bicyclic) bond motifs is 5. The van der Waals surface area contributed by atoms with Gasteiger partial charge in [-0.2, -0.15) is 0 Å². The van der Waals surface area contributed by atoms with E-state index in [1.165, 1.54) is 33.2 Å². The second-order valence-electron chi connectivity index (χ2n) is 14.9. The molecule has 11 aromatic rings. The molecule has 0 radical (unpaired) electrons. The molecule has 0 fully saturated rings.